The lowest BCUT2D eigenvalue weighted by molar-refractivity contribution is -0.305. The van der Waals surface area contributed by atoms with Gasteiger partial charge in [-0.1, -0.05) is 30.0 Å². The summed E-state index contributed by atoms with van der Waals surface area (Å²) in [6.07, 6.45) is 2.71. The molecule has 0 saturated carbocycles. The third kappa shape index (κ3) is 2.86. The van der Waals surface area contributed by atoms with Crippen molar-refractivity contribution in [2.24, 2.45) is 0 Å². The maximum Gasteiger partial charge on any atom is 0.266 e. The number of rotatable bonds is 3. The Hall–Kier alpha value is -1.86. The van der Waals surface area contributed by atoms with Gasteiger partial charge in [0.05, 0.1) is 17.4 Å². The van der Waals surface area contributed by atoms with Crippen molar-refractivity contribution in [3.8, 4) is 5.75 Å². The number of nitrogens with zero attached hydrogens (tertiary/aromatic N) is 1. The van der Waals surface area contributed by atoms with Crippen molar-refractivity contribution in [3.63, 3.8) is 0 Å². The molecule has 0 aromatic heterocycles. The second-order valence-electron chi connectivity index (χ2n) is 5.14. The highest BCUT2D eigenvalue weighted by molar-refractivity contribution is 8.26. The molecule has 0 N–H and O–H groups in total. The number of thiocarbonyl (C=S) groups is 1. The van der Waals surface area contributed by atoms with Crippen LogP contribution in [-0.2, 0) is 16.0 Å². The number of aliphatic carboxylic acids is 1. The minimum atomic E-state index is -1.33. The predicted octanol–water partition coefficient (Wildman–Crippen LogP) is 0.961. The quantitative estimate of drug-likeness (QED) is 0.606. The number of hydrogen-bond donors (Lipinski definition) is 0. The Morgan fingerprint density at radius 3 is 3.09 bits per heavy atom. The van der Waals surface area contributed by atoms with Gasteiger partial charge in [0.15, 0.2) is 0 Å². The predicted molar refractivity (Wildman–Crippen MR) is 85.1 cm³/mol. The van der Waals surface area contributed by atoms with Gasteiger partial charge in [-0.05, 0) is 36.3 Å². The highest BCUT2D eigenvalue weighted by Crippen LogP contribution is 2.34. The minimum Gasteiger partial charge on any atom is -0.548 e. The van der Waals surface area contributed by atoms with Gasteiger partial charge in [-0.15, -0.1) is 0 Å². The van der Waals surface area contributed by atoms with Gasteiger partial charge in [-0.3, -0.25) is 9.69 Å². The van der Waals surface area contributed by atoms with E-state index in [-0.39, 0.29) is 10.4 Å². The normalized spacial score (nSPS) is 22.1. The van der Waals surface area contributed by atoms with E-state index in [2.05, 4.69) is 0 Å². The molecule has 5 nitrogen and oxygen atoms in total. The number of fused-ring (bicyclic) bond motifs is 1. The molecule has 1 aromatic rings. The number of amides is 1. The summed E-state index contributed by atoms with van der Waals surface area (Å²) in [5.74, 6) is -0.861. The Morgan fingerprint density at radius 1 is 1.59 bits per heavy atom. The molecule has 0 radical (unpaired) electrons. The summed E-state index contributed by atoms with van der Waals surface area (Å²) in [6, 6.07) is 5.72. The van der Waals surface area contributed by atoms with E-state index in [1.165, 1.54) is 0 Å². The average molecular weight is 334 g/mol. The lowest BCUT2D eigenvalue weighted by Crippen LogP contribution is -2.40. The fourth-order valence-corrected chi connectivity index (χ4v) is 3.70. The van der Waals surface area contributed by atoms with E-state index >= 15 is 0 Å². The van der Waals surface area contributed by atoms with E-state index in [0.29, 0.717) is 4.91 Å². The number of benzene rings is 1. The zero-order chi connectivity index (χ0) is 15.9. The maximum absolute atomic E-state index is 12.2. The first-order valence-electron chi connectivity index (χ1n) is 6.69. The van der Waals surface area contributed by atoms with Crippen molar-refractivity contribution in [3.05, 3.63) is 34.2 Å². The molecule has 1 fully saturated rings. The van der Waals surface area contributed by atoms with Crippen molar-refractivity contribution in [1.29, 1.82) is 0 Å². The Labute approximate surface area is 136 Å². The van der Waals surface area contributed by atoms with Crippen LogP contribution >= 0.6 is 24.0 Å². The van der Waals surface area contributed by atoms with Gasteiger partial charge < -0.3 is 14.6 Å². The molecule has 22 heavy (non-hydrogen) atoms. The van der Waals surface area contributed by atoms with Crippen LogP contribution in [0.2, 0.25) is 0 Å². The zero-order valence-corrected chi connectivity index (χ0v) is 13.3. The number of carbonyl (C=O) groups is 2. The first-order valence-corrected chi connectivity index (χ1v) is 7.91. The first kappa shape index (κ1) is 15.1. The first-order chi connectivity index (χ1) is 10.4. The smallest absolute Gasteiger partial charge is 0.266 e. The fourth-order valence-electron chi connectivity index (χ4n) is 2.45. The van der Waals surface area contributed by atoms with E-state index in [4.69, 9.17) is 17.0 Å². The van der Waals surface area contributed by atoms with Crippen LogP contribution in [0, 0.1) is 0 Å². The van der Waals surface area contributed by atoms with Gasteiger partial charge in [0.1, 0.15) is 16.2 Å². The van der Waals surface area contributed by atoms with Gasteiger partial charge in [0, 0.05) is 6.42 Å². The van der Waals surface area contributed by atoms with Gasteiger partial charge in [0.25, 0.3) is 5.91 Å². The fraction of sp³-hybridized carbons (Fsp3) is 0.267. The molecule has 0 unspecified atom stereocenters. The molecule has 1 saturated heterocycles. The number of carboxylic acids is 1. The van der Waals surface area contributed by atoms with Gasteiger partial charge in [-0.25, -0.2) is 0 Å². The molecule has 1 atom stereocenters. The van der Waals surface area contributed by atoms with E-state index in [1.54, 1.807) is 6.08 Å². The van der Waals surface area contributed by atoms with Crippen LogP contribution in [0.5, 0.6) is 5.75 Å². The standard InChI is InChI=1S/C15H13NO4S2/c1-8-4-10-5-9(2-3-11(10)20-8)6-12-14(19)16(7-13(17)18)15(21)22-12/h2-3,5-6,8H,4,7H2,1H3,(H,17,18)/p-1/b12-6+/t8-/m1/s1. The van der Waals surface area contributed by atoms with Crippen LogP contribution in [0.25, 0.3) is 6.08 Å². The van der Waals surface area contributed by atoms with Crippen molar-refractivity contribution in [2.45, 2.75) is 19.4 Å². The van der Waals surface area contributed by atoms with Crippen LogP contribution in [0.1, 0.15) is 18.1 Å². The molecular weight excluding hydrogens is 322 g/mol. The van der Waals surface area contributed by atoms with E-state index < -0.39 is 18.4 Å². The van der Waals surface area contributed by atoms with Crippen LogP contribution in [-0.4, -0.2) is 33.7 Å². The number of thioether (sulfide) groups is 1. The average Bonchev–Trinajstić information content (AvgIpc) is 2.92. The third-order valence-electron chi connectivity index (χ3n) is 3.38. The molecule has 2 heterocycles. The van der Waals surface area contributed by atoms with Gasteiger partial charge in [-0.2, -0.15) is 0 Å². The molecule has 2 aliphatic heterocycles. The van der Waals surface area contributed by atoms with Crippen molar-refractivity contribution in [2.75, 3.05) is 6.54 Å². The van der Waals surface area contributed by atoms with Crippen molar-refractivity contribution >= 4 is 46.3 Å². The molecule has 1 amide bonds. The topological polar surface area (TPSA) is 69.7 Å². The van der Waals surface area contributed by atoms with Gasteiger partial charge in [0.2, 0.25) is 0 Å². The van der Waals surface area contributed by atoms with Crippen molar-refractivity contribution in [1.82, 2.24) is 4.90 Å². The number of carbonyl (C=O) groups excluding carboxylic acids is 2. The highest BCUT2D eigenvalue weighted by Gasteiger charge is 2.32. The molecular formula is C15H12NO4S2-. The maximum atomic E-state index is 12.2. The molecule has 0 bridgehead atoms. The zero-order valence-electron chi connectivity index (χ0n) is 11.7. The number of ether oxygens (including phenoxy) is 1. The lowest BCUT2D eigenvalue weighted by Gasteiger charge is -2.14. The summed E-state index contributed by atoms with van der Waals surface area (Å²) in [4.78, 5) is 24.3. The highest BCUT2D eigenvalue weighted by atomic mass is 32.2. The minimum absolute atomic E-state index is 0.159. The molecule has 2 aliphatic rings. The summed E-state index contributed by atoms with van der Waals surface area (Å²) in [6.45, 7) is 1.49. The SMILES string of the molecule is C[C@@H]1Cc2cc(/C=C3/SC(=S)N(CC(=O)[O-])C3=O)ccc2O1. The molecule has 7 heteroatoms. The molecule has 1 aromatic carbocycles. The summed E-state index contributed by atoms with van der Waals surface area (Å²) in [5.41, 5.74) is 1.97. The lowest BCUT2D eigenvalue weighted by atomic mass is 10.1. The molecule has 3 rings (SSSR count). The Morgan fingerprint density at radius 2 is 2.36 bits per heavy atom. The molecule has 114 valence electrons. The monoisotopic (exact) mass is 334 g/mol. The number of carboxylic acid groups (broad SMARTS) is 1. The Kier molecular flexibility index (Phi) is 3.92. The van der Waals surface area contributed by atoms with Gasteiger partial charge >= 0.3 is 0 Å². The summed E-state index contributed by atoms with van der Waals surface area (Å²) >= 11 is 6.14. The van der Waals surface area contributed by atoms with E-state index in [9.17, 15) is 14.7 Å². The van der Waals surface area contributed by atoms with Crippen LogP contribution in [0.3, 0.4) is 0 Å². The van der Waals surface area contributed by atoms with E-state index in [1.807, 2.05) is 25.1 Å². The summed E-state index contributed by atoms with van der Waals surface area (Å²) in [5, 5.41) is 10.7. The molecule has 0 spiro atoms. The number of hydrogen-bond acceptors (Lipinski definition) is 6. The largest absolute Gasteiger partial charge is 0.548 e. The third-order valence-corrected chi connectivity index (χ3v) is 4.76. The van der Waals surface area contributed by atoms with Crippen LogP contribution < -0.4 is 9.84 Å². The second kappa shape index (κ2) is 5.73. The Bertz CT molecular complexity index is 713. The Balaban J connectivity index is 1.84. The molecule has 0 aliphatic carbocycles. The summed E-state index contributed by atoms with van der Waals surface area (Å²) in [7, 11) is 0. The van der Waals surface area contributed by atoms with Crippen molar-refractivity contribution < 1.29 is 19.4 Å². The summed E-state index contributed by atoms with van der Waals surface area (Å²) < 4.78 is 5.87. The van der Waals surface area contributed by atoms with Crippen LogP contribution in [0.15, 0.2) is 23.1 Å². The van der Waals surface area contributed by atoms with Crippen LogP contribution in [0.4, 0.5) is 0 Å². The second-order valence-corrected chi connectivity index (χ2v) is 6.82. The van der Waals surface area contributed by atoms with E-state index in [0.717, 1.165) is 40.0 Å².